The number of aromatic nitrogens is 2. The Balaban J connectivity index is 1.52. The standard InChI is InChI=1S/C25H22ClN3O3S/c1-32-19-12-10-17(11-13-19)14-27-23(30)16-33-25-28-22-9-5-3-7-20(22)24(31)29(25)15-18-6-2-4-8-21(18)26/h2-13H,14-16H2,1H3,(H,27,30). The number of para-hydroxylation sites is 1. The first-order valence-corrected chi connectivity index (χ1v) is 11.7. The minimum Gasteiger partial charge on any atom is -0.497 e. The predicted octanol–water partition coefficient (Wildman–Crippen LogP) is 4.52. The van der Waals surface area contributed by atoms with Crippen LogP contribution in [0.15, 0.2) is 82.7 Å². The summed E-state index contributed by atoms with van der Waals surface area (Å²) < 4.78 is 6.72. The van der Waals surface area contributed by atoms with Crippen LogP contribution in [0.4, 0.5) is 0 Å². The van der Waals surface area contributed by atoms with Crippen LogP contribution < -0.4 is 15.6 Å². The van der Waals surface area contributed by atoms with Crippen LogP contribution in [-0.2, 0) is 17.9 Å². The number of rotatable bonds is 8. The van der Waals surface area contributed by atoms with Crippen molar-refractivity contribution in [1.29, 1.82) is 0 Å². The molecule has 0 radical (unpaired) electrons. The second kappa shape index (κ2) is 10.6. The van der Waals surface area contributed by atoms with Gasteiger partial charge in [0, 0.05) is 11.6 Å². The molecule has 4 aromatic rings. The zero-order valence-electron chi connectivity index (χ0n) is 18.0. The third kappa shape index (κ3) is 5.56. The maximum Gasteiger partial charge on any atom is 0.262 e. The van der Waals surface area contributed by atoms with Gasteiger partial charge in [0.15, 0.2) is 5.16 Å². The molecule has 0 atom stereocenters. The third-order valence-corrected chi connectivity index (χ3v) is 6.44. The van der Waals surface area contributed by atoms with Gasteiger partial charge < -0.3 is 10.1 Å². The molecular weight excluding hydrogens is 458 g/mol. The summed E-state index contributed by atoms with van der Waals surface area (Å²) in [7, 11) is 1.61. The molecule has 6 nitrogen and oxygen atoms in total. The number of hydrogen-bond donors (Lipinski definition) is 1. The van der Waals surface area contributed by atoms with Gasteiger partial charge in [-0.1, -0.05) is 65.8 Å². The Morgan fingerprint density at radius 1 is 1.06 bits per heavy atom. The number of halogens is 1. The Labute approximate surface area is 200 Å². The average molecular weight is 480 g/mol. The molecule has 0 bridgehead atoms. The van der Waals surface area contributed by atoms with E-state index in [1.165, 1.54) is 11.8 Å². The fourth-order valence-electron chi connectivity index (χ4n) is 3.32. The summed E-state index contributed by atoms with van der Waals surface area (Å²) in [6.07, 6.45) is 0. The van der Waals surface area contributed by atoms with Gasteiger partial charge >= 0.3 is 0 Å². The average Bonchev–Trinajstić information content (AvgIpc) is 2.85. The van der Waals surface area contributed by atoms with Crippen molar-refractivity contribution in [3.05, 3.63) is 99.3 Å². The van der Waals surface area contributed by atoms with Crippen molar-refractivity contribution in [3.8, 4) is 5.75 Å². The molecule has 33 heavy (non-hydrogen) atoms. The Morgan fingerprint density at radius 2 is 1.79 bits per heavy atom. The lowest BCUT2D eigenvalue weighted by molar-refractivity contribution is -0.118. The zero-order valence-corrected chi connectivity index (χ0v) is 19.5. The van der Waals surface area contributed by atoms with E-state index in [1.807, 2.05) is 54.6 Å². The lowest BCUT2D eigenvalue weighted by Crippen LogP contribution is -2.27. The summed E-state index contributed by atoms with van der Waals surface area (Å²) in [5.74, 6) is 0.741. The second-order valence-electron chi connectivity index (χ2n) is 7.31. The van der Waals surface area contributed by atoms with Crippen LogP contribution in [0.2, 0.25) is 5.02 Å². The zero-order chi connectivity index (χ0) is 23.2. The maximum absolute atomic E-state index is 13.2. The monoisotopic (exact) mass is 479 g/mol. The molecule has 8 heteroatoms. The van der Waals surface area contributed by atoms with Gasteiger partial charge in [-0.2, -0.15) is 0 Å². The number of methoxy groups -OCH3 is 1. The number of hydrogen-bond acceptors (Lipinski definition) is 5. The van der Waals surface area contributed by atoms with E-state index in [9.17, 15) is 9.59 Å². The number of thioether (sulfide) groups is 1. The highest BCUT2D eigenvalue weighted by Gasteiger charge is 2.14. The van der Waals surface area contributed by atoms with E-state index in [0.717, 1.165) is 16.9 Å². The number of fused-ring (bicyclic) bond motifs is 1. The van der Waals surface area contributed by atoms with Crippen LogP contribution in [0.25, 0.3) is 10.9 Å². The minimum atomic E-state index is -0.165. The number of benzene rings is 3. The number of carbonyl (C=O) groups excluding carboxylic acids is 1. The van der Waals surface area contributed by atoms with Crippen LogP contribution in [0.3, 0.4) is 0 Å². The molecule has 0 aliphatic rings. The van der Waals surface area contributed by atoms with Gasteiger partial charge in [-0.15, -0.1) is 0 Å². The first-order valence-electron chi connectivity index (χ1n) is 10.3. The van der Waals surface area contributed by atoms with Crippen molar-refractivity contribution in [2.75, 3.05) is 12.9 Å². The van der Waals surface area contributed by atoms with E-state index >= 15 is 0 Å². The Morgan fingerprint density at radius 3 is 2.55 bits per heavy atom. The summed E-state index contributed by atoms with van der Waals surface area (Å²) in [4.78, 5) is 30.4. The molecule has 0 aliphatic carbocycles. The summed E-state index contributed by atoms with van der Waals surface area (Å²) in [6, 6.07) is 22.1. The first-order chi connectivity index (χ1) is 16.0. The van der Waals surface area contributed by atoms with Gasteiger partial charge in [0.2, 0.25) is 5.91 Å². The van der Waals surface area contributed by atoms with Gasteiger partial charge in [-0.3, -0.25) is 14.2 Å². The van der Waals surface area contributed by atoms with Crippen LogP contribution in [-0.4, -0.2) is 28.3 Å². The lowest BCUT2D eigenvalue weighted by atomic mass is 10.2. The number of nitrogens with zero attached hydrogens (tertiary/aromatic N) is 2. The largest absolute Gasteiger partial charge is 0.497 e. The number of ether oxygens (including phenoxy) is 1. The molecule has 0 fully saturated rings. The normalized spacial score (nSPS) is 10.8. The summed E-state index contributed by atoms with van der Waals surface area (Å²) in [5.41, 5.74) is 2.21. The smallest absolute Gasteiger partial charge is 0.262 e. The van der Waals surface area contributed by atoms with E-state index in [0.29, 0.717) is 27.6 Å². The van der Waals surface area contributed by atoms with Crippen molar-refractivity contribution in [1.82, 2.24) is 14.9 Å². The molecule has 168 valence electrons. The van der Waals surface area contributed by atoms with Gasteiger partial charge in [-0.05, 0) is 41.5 Å². The quantitative estimate of drug-likeness (QED) is 0.297. The summed E-state index contributed by atoms with van der Waals surface area (Å²) >= 11 is 7.56. The van der Waals surface area contributed by atoms with Gasteiger partial charge in [-0.25, -0.2) is 4.98 Å². The fraction of sp³-hybridized carbons (Fsp3) is 0.160. The Hall–Kier alpha value is -3.29. The second-order valence-corrected chi connectivity index (χ2v) is 8.66. The lowest BCUT2D eigenvalue weighted by Gasteiger charge is -2.14. The molecule has 1 aromatic heterocycles. The summed E-state index contributed by atoms with van der Waals surface area (Å²) in [5, 5.41) is 4.47. The molecule has 0 spiro atoms. The van der Waals surface area contributed by atoms with Crippen molar-refractivity contribution >= 4 is 40.2 Å². The van der Waals surface area contributed by atoms with Crippen molar-refractivity contribution in [2.24, 2.45) is 0 Å². The first kappa shape index (κ1) is 22.9. The molecule has 3 aromatic carbocycles. The minimum absolute atomic E-state index is 0.128. The number of amides is 1. The van der Waals surface area contributed by atoms with E-state index in [-0.39, 0.29) is 23.8 Å². The van der Waals surface area contributed by atoms with Crippen molar-refractivity contribution in [3.63, 3.8) is 0 Å². The summed E-state index contributed by atoms with van der Waals surface area (Å²) in [6.45, 7) is 0.674. The topological polar surface area (TPSA) is 73.2 Å². The van der Waals surface area contributed by atoms with E-state index in [1.54, 1.807) is 29.9 Å². The predicted molar refractivity (Wildman–Crippen MR) is 132 cm³/mol. The molecule has 1 amide bonds. The SMILES string of the molecule is COc1ccc(CNC(=O)CSc2nc3ccccc3c(=O)n2Cc2ccccc2Cl)cc1. The highest BCUT2D eigenvalue weighted by molar-refractivity contribution is 7.99. The molecule has 1 N–H and O–H groups in total. The highest BCUT2D eigenvalue weighted by Crippen LogP contribution is 2.21. The van der Waals surface area contributed by atoms with Crippen LogP contribution in [0.1, 0.15) is 11.1 Å². The van der Waals surface area contributed by atoms with Gasteiger partial charge in [0.25, 0.3) is 5.56 Å². The van der Waals surface area contributed by atoms with Crippen LogP contribution in [0, 0.1) is 0 Å². The number of carbonyl (C=O) groups is 1. The van der Waals surface area contributed by atoms with Crippen molar-refractivity contribution in [2.45, 2.75) is 18.2 Å². The number of nitrogens with one attached hydrogen (secondary N) is 1. The van der Waals surface area contributed by atoms with Crippen LogP contribution >= 0.6 is 23.4 Å². The van der Waals surface area contributed by atoms with Crippen LogP contribution in [0.5, 0.6) is 5.75 Å². The molecule has 0 saturated heterocycles. The molecular formula is C25H22ClN3O3S. The molecule has 0 unspecified atom stereocenters. The highest BCUT2D eigenvalue weighted by atomic mass is 35.5. The van der Waals surface area contributed by atoms with E-state index < -0.39 is 0 Å². The molecule has 0 saturated carbocycles. The Bertz CT molecular complexity index is 1340. The van der Waals surface area contributed by atoms with Gasteiger partial charge in [0.1, 0.15) is 5.75 Å². The van der Waals surface area contributed by atoms with Gasteiger partial charge in [0.05, 0.1) is 30.3 Å². The molecule has 1 heterocycles. The van der Waals surface area contributed by atoms with E-state index in [2.05, 4.69) is 10.3 Å². The van der Waals surface area contributed by atoms with E-state index in [4.69, 9.17) is 16.3 Å². The molecule has 0 aliphatic heterocycles. The van der Waals surface area contributed by atoms with Crippen molar-refractivity contribution < 1.29 is 9.53 Å². The Kier molecular flexibility index (Phi) is 7.32. The fourth-order valence-corrected chi connectivity index (χ4v) is 4.34. The molecule has 4 rings (SSSR count). The maximum atomic E-state index is 13.2. The third-order valence-electron chi connectivity index (χ3n) is 5.09.